The van der Waals surface area contributed by atoms with E-state index in [0.717, 1.165) is 36.8 Å². The number of nitrogens with zero attached hydrogens (tertiary/aromatic N) is 2. The minimum Gasteiger partial charge on any atom is -0.193 e. The molecule has 98 valence electrons. The summed E-state index contributed by atoms with van der Waals surface area (Å²) in [5, 5.41) is 19.1. The molecule has 1 saturated carbocycles. The van der Waals surface area contributed by atoms with E-state index in [9.17, 15) is 10.5 Å². The van der Waals surface area contributed by atoms with Crippen LogP contribution < -0.4 is 0 Å². The van der Waals surface area contributed by atoms with Crippen molar-refractivity contribution in [2.75, 3.05) is 0 Å². The normalized spacial score (nSPS) is 42.5. The van der Waals surface area contributed by atoms with Crippen LogP contribution in [0.4, 0.5) is 0 Å². The predicted molar refractivity (Wildman–Crippen MR) is 84.0 cm³/mol. The van der Waals surface area contributed by atoms with Crippen LogP contribution in [0.25, 0.3) is 0 Å². The Kier molecular flexibility index (Phi) is 3.06. The van der Waals surface area contributed by atoms with E-state index in [1.54, 1.807) is 0 Å². The van der Waals surface area contributed by atoms with Crippen LogP contribution in [-0.4, -0.2) is 8.06 Å². The highest BCUT2D eigenvalue weighted by Gasteiger charge is 2.73. The average molecular weight is 447 g/mol. The van der Waals surface area contributed by atoms with Gasteiger partial charge in [0.1, 0.15) is 3.23 Å². The molecule has 2 nitrogen and oxygen atoms in total. The van der Waals surface area contributed by atoms with Crippen molar-refractivity contribution in [3.8, 4) is 12.1 Å². The lowest BCUT2D eigenvalue weighted by atomic mass is 9.55. The van der Waals surface area contributed by atoms with E-state index in [1.165, 1.54) is 0 Å². The maximum Gasteiger partial charge on any atom is 0.111 e. The Morgan fingerprint density at radius 1 is 1.11 bits per heavy atom. The van der Waals surface area contributed by atoms with Crippen molar-refractivity contribution in [2.45, 2.75) is 33.7 Å². The van der Waals surface area contributed by atoms with Gasteiger partial charge in [0, 0.05) is 26.8 Å². The number of hydrogen-bond donors (Lipinski definition) is 0. The second-order valence-electron chi connectivity index (χ2n) is 5.47. The summed E-state index contributed by atoms with van der Waals surface area (Å²) in [5.41, 5.74) is 0.971. The summed E-state index contributed by atoms with van der Waals surface area (Å²) in [5.74, 6) is 0. The quantitative estimate of drug-likeness (QED) is 0.506. The molecule has 0 N–H and O–H groups in total. The summed E-state index contributed by atoms with van der Waals surface area (Å²) in [6.45, 7) is 0. The first-order valence-electron chi connectivity index (χ1n) is 6.24. The number of hydrogen-bond acceptors (Lipinski definition) is 2. The first-order chi connectivity index (χ1) is 8.96. The molecule has 0 spiro atoms. The standard InChI is InChI=1S/C14H11Br3N2/c15-11-5-9(7-18)13-4-2-1-3-12(11,13)10(8-19)6-14(13,16)17/h5-6,11H,1-4H2/t11-,12-,13+/m1/s1. The maximum atomic E-state index is 9.57. The second-order valence-corrected chi connectivity index (χ2v) is 10.0. The molecule has 3 atom stereocenters. The van der Waals surface area contributed by atoms with Gasteiger partial charge in [-0.25, -0.2) is 0 Å². The summed E-state index contributed by atoms with van der Waals surface area (Å²) < 4.78 is -0.497. The molecule has 0 aromatic carbocycles. The zero-order valence-electron chi connectivity index (χ0n) is 10.1. The van der Waals surface area contributed by atoms with Gasteiger partial charge in [0.25, 0.3) is 0 Å². The molecule has 5 heteroatoms. The highest BCUT2D eigenvalue weighted by molar-refractivity contribution is 9.25. The van der Waals surface area contributed by atoms with Gasteiger partial charge in [0.15, 0.2) is 0 Å². The van der Waals surface area contributed by atoms with E-state index < -0.39 is 3.23 Å². The number of nitriles is 2. The predicted octanol–water partition coefficient (Wildman–Crippen LogP) is 4.71. The molecule has 1 fully saturated rings. The first-order valence-corrected chi connectivity index (χ1v) is 8.74. The molecule has 0 aromatic rings. The zero-order chi connectivity index (χ0) is 13.9. The van der Waals surface area contributed by atoms with E-state index in [0.29, 0.717) is 0 Å². The summed E-state index contributed by atoms with van der Waals surface area (Å²) in [6.07, 6.45) is 8.04. The van der Waals surface area contributed by atoms with Crippen LogP contribution in [0.3, 0.4) is 0 Å². The lowest BCUT2D eigenvalue weighted by Crippen LogP contribution is -2.51. The van der Waals surface area contributed by atoms with Crippen molar-refractivity contribution in [2.24, 2.45) is 10.8 Å². The summed E-state index contributed by atoms with van der Waals surface area (Å²) >= 11 is 11.2. The molecule has 0 amide bonds. The van der Waals surface area contributed by atoms with Crippen LogP contribution >= 0.6 is 47.8 Å². The van der Waals surface area contributed by atoms with Gasteiger partial charge in [-0.1, -0.05) is 66.7 Å². The molecule has 0 aliphatic heterocycles. The third-order valence-corrected chi connectivity index (χ3v) is 7.85. The molecular formula is C14H11Br3N2. The van der Waals surface area contributed by atoms with Gasteiger partial charge in [-0.05, 0) is 18.9 Å². The van der Waals surface area contributed by atoms with Crippen LogP contribution in [0.5, 0.6) is 0 Å². The first kappa shape index (κ1) is 13.9. The Morgan fingerprint density at radius 2 is 1.74 bits per heavy atom. The molecule has 0 heterocycles. The third kappa shape index (κ3) is 1.35. The summed E-state index contributed by atoms with van der Waals surface area (Å²) in [7, 11) is 0. The number of allylic oxidation sites excluding steroid dienone is 4. The Labute approximate surface area is 137 Å². The van der Waals surface area contributed by atoms with Gasteiger partial charge in [0.2, 0.25) is 0 Å². The topological polar surface area (TPSA) is 47.6 Å². The van der Waals surface area contributed by atoms with Crippen molar-refractivity contribution < 1.29 is 0 Å². The molecule has 3 rings (SSSR count). The van der Waals surface area contributed by atoms with Crippen LogP contribution in [0.2, 0.25) is 0 Å². The van der Waals surface area contributed by atoms with E-state index >= 15 is 0 Å². The van der Waals surface area contributed by atoms with Crippen molar-refractivity contribution in [3.05, 3.63) is 23.3 Å². The van der Waals surface area contributed by atoms with Crippen molar-refractivity contribution in [3.63, 3.8) is 0 Å². The Bertz CT molecular complexity index is 593. The molecule has 3 aliphatic carbocycles. The van der Waals surface area contributed by atoms with Crippen LogP contribution in [0.15, 0.2) is 23.3 Å². The summed E-state index contributed by atoms with van der Waals surface area (Å²) in [4.78, 5) is 0.0535. The largest absolute Gasteiger partial charge is 0.193 e. The van der Waals surface area contributed by atoms with Gasteiger partial charge in [-0.2, -0.15) is 10.5 Å². The molecule has 0 aromatic heterocycles. The molecule has 3 aliphatic rings. The van der Waals surface area contributed by atoms with Gasteiger partial charge in [0.05, 0.1) is 12.1 Å². The maximum absolute atomic E-state index is 9.57. The number of halogens is 3. The molecule has 0 bridgehead atoms. The Balaban J connectivity index is 2.33. The van der Waals surface area contributed by atoms with Gasteiger partial charge in [-0.3, -0.25) is 0 Å². The zero-order valence-corrected chi connectivity index (χ0v) is 14.8. The lowest BCUT2D eigenvalue weighted by Gasteiger charge is -2.51. The van der Waals surface area contributed by atoms with Crippen LogP contribution in [-0.2, 0) is 0 Å². The van der Waals surface area contributed by atoms with Gasteiger partial charge < -0.3 is 0 Å². The average Bonchev–Trinajstić information content (AvgIpc) is 2.79. The Hall–Kier alpha value is -0.100. The monoisotopic (exact) mass is 444 g/mol. The fraction of sp³-hybridized carbons (Fsp3) is 0.571. The smallest absolute Gasteiger partial charge is 0.111 e. The third-order valence-electron chi connectivity index (χ3n) is 4.99. The molecule has 19 heavy (non-hydrogen) atoms. The number of alkyl halides is 3. The van der Waals surface area contributed by atoms with E-state index in [2.05, 4.69) is 59.9 Å². The van der Waals surface area contributed by atoms with Crippen molar-refractivity contribution >= 4 is 47.8 Å². The van der Waals surface area contributed by atoms with E-state index in [4.69, 9.17) is 0 Å². The van der Waals surface area contributed by atoms with Crippen LogP contribution in [0.1, 0.15) is 25.7 Å². The van der Waals surface area contributed by atoms with Crippen molar-refractivity contribution in [1.29, 1.82) is 10.5 Å². The van der Waals surface area contributed by atoms with Crippen LogP contribution in [0, 0.1) is 33.5 Å². The highest BCUT2D eigenvalue weighted by Crippen LogP contribution is 2.76. The molecule has 0 radical (unpaired) electrons. The Morgan fingerprint density at radius 3 is 2.37 bits per heavy atom. The molecule has 0 unspecified atom stereocenters. The minimum absolute atomic E-state index is 0.0535. The van der Waals surface area contributed by atoms with Gasteiger partial charge >= 0.3 is 0 Å². The lowest BCUT2D eigenvalue weighted by molar-refractivity contribution is 0.104. The van der Waals surface area contributed by atoms with E-state index in [1.807, 2.05) is 12.2 Å². The molecular weight excluding hydrogens is 436 g/mol. The second kappa shape index (κ2) is 4.20. The van der Waals surface area contributed by atoms with Crippen molar-refractivity contribution in [1.82, 2.24) is 0 Å². The highest BCUT2D eigenvalue weighted by atomic mass is 79.9. The fourth-order valence-corrected chi connectivity index (χ4v) is 7.38. The van der Waals surface area contributed by atoms with Gasteiger partial charge in [-0.15, -0.1) is 0 Å². The summed E-state index contributed by atoms with van der Waals surface area (Å²) in [6, 6.07) is 4.76. The molecule has 0 saturated heterocycles. The minimum atomic E-state index is -0.497. The number of rotatable bonds is 0. The van der Waals surface area contributed by atoms with E-state index in [-0.39, 0.29) is 15.7 Å². The SMILES string of the molecule is N#CC1=CC(Br)(Br)[C@]23CCCC[C@]12[C@H](Br)C=C3C#N. The fourth-order valence-electron chi connectivity index (χ4n) is 4.26.